The zero-order chi connectivity index (χ0) is 8.27. The van der Waals surface area contributed by atoms with Crippen LogP contribution in [0.3, 0.4) is 0 Å². The standard InChI is InChI=1S/C8H10N2S/c1-6-3-4-11-8(6)10-7(2)5-9/h3-4,7,10H,1-2H3. The van der Waals surface area contributed by atoms with Crippen LogP contribution < -0.4 is 5.32 Å². The molecule has 1 unspecified atom stereocenters. The Labute approximate surface area is 70.5 Å². The van der Waals surface area contributed by atoms with Gasteiger partial charge in [0, 0.05) is 0 Å². The Morgan fingerprint density at radius 1 is 1.73 bits per heavy atom. The molecule has 0 saturated carbocycles. The first-order chi connectivity index (χ1) is 5.24. The molecule has 0 aromatic carbocycles. The highest BCUT2D eigenvalue weighted by atomic mass is 32.1. The highest BCUT2D eigenvalue weighted by Gasteiger charge is 2.02. The normalized spacial score (nSPS) is 12.1. The number of nitrogens with one attached hydrogen (secondary N) is 1. The second-order valence-corrected chi connectivity index (χ2v) is 3.34. The summed E-state index contributed by atoms with van der Waals surface area (Å²) in [7, 11) is 0. The number of aryl methyl sites for hydroxylation is 1. The third kappa shape index (κ3) is 1.95. The first-order valence-corrected chi connectivity index (χ1v) is 4.32. The molecule has 58 valence electrons. The van der Waals surface area contributed by atoms with Gasteiger partial charge in [-0.05, 0) is 30.9 Å². The van der Waals surface area contributed by atoms with Gasteiger partial charge in [0.05, 0.1) is 11.1 Å². The van der Waals surface area contributed by atoms with Crippen molar-refractivity contribution in [3.8, 4) is 6.07 Å². The first kappa shape index (κ1) is 8.09. The zero-order valence-corrected chi connectivity index (χ0v) is 7.40. The molecule has 0 aliphatic rings. The number of hydrogen-bond donors (Lipinski definition) is 1. The lowest BCUT2D eigenvalue weighted by Crippen LogP contribution is -2.11. The molecule has 1 aromatic heterocycles. The third-order valence-electron chi connectivity index (χ3n) is 1.40. The summed E-state index contributed by atoms with van der Waals surface area (Å²) in [5.74, 6) is 0. The topological polar surface area (TPSA) is 35.8 Å². The minimum atomic E-state index is -0.104. The Balaban J connectivity index is 2.66. The van der Waals surface area contributed by atoms with E-state index in [-0.39, 0.29) is 6.04 Å². The Morgan fingerprint density at radius 3 is 2.91 bits per heavy atom. The highest BCUT2D eigenvalue weighted by molar-refractivity contribution is 7.14. The van der Waals surface area contributed by atoms with Crippen LogP contribution in [0.4, 0.5) is 5.00 Å². The van der Waals surface area contributed by atoms with Gasteiger partial charge in [-0.15, -0.1) is 11.3 Å². The molecule has 1 rings (SSSR count). The molecular weight excluding hydrogens is 156 g/mol. The lowest BCUT2D eigenvalue weighted by molar-refractivity contribution is 1.01. The quantitative estimate of drug-likeness (QED) is 0.732. The predicted molar refractivity (Wildman–Crippen MR) is 47.8 cm³/mol. The van der Waals surface area contributed by atoms with Crippen LogP contribution in [-0.2, 0) is 0 Å². The molecule has 0 bridgehead atoms. The fourth-order valence-corrected chi connectivity index (χ4v) is 1.66. The maximum atomic E-state index is 8.52. The number of anilines is 1. The Hall–Kier alpha value is -1.01. The molecule has 0 radical (unpaired) electrons. The second kappa shape index (κ2) is 3.40. The van der Waals surface area contributed by atoms with Crippen LogP contribution in [0.25, 0.3) is 0 Å². The molecule has 0 fully saturated rings. The van der Waals surface area contributed by atoms with Crippen molar-refractivity contribution in [1.29, 1.82) is 5.26 Å². The summed E-state index contributed by atoms with van der Waals surface area (Å²) < 4.78 is 0. The van der Waals surface area contributed by atoms with Crippen LogP contribution in [0.5, 0.6) is 0 Å². The molecule has 1 atom stereocenters. The summed E-state index contributed by atoms with van der Waals surface area (Å²) in [6, 6.07) is 4.06. The van der Waals surface area contributed by atoms with E-state index in [0.717, 1.165) is 5.00 Å². The number of thiophene rings is 1. The van der Waals surface area contributed by atoms with Gasteiger partial charge in [0.25, 0.3) is 0 Å². The Bertz CT molecular complexity index is 272. The molecule has 1 N–H and O–H groups in total. The Kier molecular flexibility index (Phi) is 2.50. The highest BCUT2D eigenvalue weighted by Crippen LogP contribution is 2.22. The smallest absolute Gasteiger partial charge is 0.112 e. The maximum Gasteiger partial charge on any atom is 0.112 e. The van der Waals surface area contributed by atoms with Crippen LogP contribution in [0, 0.1) is 18.3 Å². The summed E-state index contributed by atoms with van der Waals surface area (Å²) in [4.78, 5) is 0. The zero-order valence-electron chi connectivity index (χ0n) is 6.59. The lowest BCUT2D eigenvalue weighted by Gasteiger charge is -2.05. The van der Waals surface area contributed by atoms with Gasteiger partial charge in [-0.2, -0.15) is 5.26 Å². The lowest BCUT2D eigenvalue weighted by atomic mass is 10.3. The van der Waals surface area contributed by atoms with Crippen molar-refractivity contribution >= 4 is 16.3 Å². The fourth-order valence-electron chi connectivity index (χ4n) is 0.750. The molecule has 0 spiro atoms. The minimum Gasteiger partial charge on any atom is -0.362 e. The number of nitriles is 1. The molecule has 0 amide bonds. The van der Waals surface area contributed by atoms with E-state index in [1.807, 2.05) is 25.3 Å². The van der Waals surface area contributed by atoms with Crippen molar-refractivity contribution in [2.24, 2.45) is 0 Å². The third-order valence-corrected chi connectivity index (χ3v) is 2.35. The van der Waals surface area contributed by atoms with E-state index in [1.54, 1.807) is 11.3 Å². The van der Waals surface area contributed by atoms with Crippen molar-refractivity contribution in [3.05, 3.63) is 17.0 Å². The summed E-state index contributed by atoms with van der Waals surface area (Å²) in [5, 5.41) is 14.7. The van der Waals surface area contributed by atoms with Gasteiger partial charge in [0.15, 0.2) is 0 Å². The monoisotopic (exact) mass is 166 g/mol. The predicted octanol–water partition coefficient (Wildman–Crippen LogP) is 2.38. The number of nitrogens with zero attached hydrogens (tertiary/aromatic N) is 1. The molecule has 1 heterocycles. The second-order valence-electron chi connectivity index (χ2n) is 2.43. The van der Waals surface area contributed by atoms with Crippen molar-refractivity contribution in [1.82, 2.24) is 0 Å². The van der Waals surface area contributed by atoms with Crippen LogP contribution >= 0.6 is 11.3 Å². The maximum absolute atomic E-state index is 8.52. The van der Waals surface area contributed by atoms with Crippen molar-refractivity contribution in [3.63, 3.8) is 0 Å². The average Bonchev–Trinajstić information content (AvgIpc) is 2.37. The average molecular weight is 166 g/mol. The van der Waals surface area contributed by atoms with Crippen molar-refractivity contribution in [2.75, 3.05) is 5.32 Å². The molecule has 2 nitrogen and oxygen atoms in total. The van der Waals surface area contributed by atoms with Gasteiger partial charge in [0.2, 0.25) is 0 Å². The summed E-state index contributed by atoms with van der Waals surface area (Å²) in [6.07, 6.45) is 0. The SMILES string of the molecule is Cc1ccsc1NC(C)C#N. The first-order valence-electron chi connectivity index (χ1n) is 3.44. The van der Waals surface area contributed by atoms with Crippen LogP contribution in [0.1, 0.15) is 12.5 Å². The molecule has 0 saturated heterocycles. The van der Waals surface area contributed by atoms with E-state index in [9.17, 15) is 0 Å². The largest absolute Gasteiger partial charge is 0.362 e. The van der Waals surface area contributed by atoms with Gasteiger partial charge >= 0.3 is 0 Å². The fraction of sp³-hybridized carbons (Fsp3) is 0.375. The van der Waals surface area contributed by atoms with E-state index in [1.165, 1.54) is 5.56 Å². The van der Waals surface area contributed by atoms with Gasteiger partial charge in [0.1, 0.15) is 6.04 Å². The van der Waals surface area contributed by atoms with Crippen molar-refractivity contribution in [2.45, 2.75) is 19.9 Å². The molecular formula is C8H10N2S. The van der Waals surface area contributed by atoms with E-state index in [2.05, 4.69) is 11.4 Å². The van der Waals surface area contributed by atoms with E-state index < -0.39 is 0 Å². The Morgan fingerprint density at radius 2 is 2.45 bits per heavy atom. The summed E-state index contributed by atoms with van der Waals surface area (Å²) in [5.41, 5.74) is 1.21. The van der Waals surface area contributed by atoms with Crippen LogP contribution in [0.2, 0.25) is 0 Å². The molecule has 3 heteroatoms. The summed E-state index contributed by atoms with van der Waals surface area (Å²) >= 11 is 1.63. The van der Waals surface area contributed by atoms with Gasteiger partial charge < -0.3 is 5.32 Å². The van der Waals surface area contributed by atoms with Gasteiger partial charge in [-0.3, -0.25) is 0 Å². The van der Waals surface area contributed by atoms with Gasteiger partial charge in [-0.25, -0.2) is 0 Å². The minimum absolute atomic E-state index is 0.104. The van der Waals surface area contributed by atoms with Crippen LogP contribution in [0.15, 0.2) is 11.4 Å². The number of rotatable bonds is 2. The van der Waals surface area contributed by atoms with Crippen LogP contribution in [-0.4, -0.2) is 6.04 Å². The molecule has 11 heavy (non-hydrogen) atoms. The van der Waals surface area contributed by atoms with Gasteiger partial charge in [-0.1, -0.05) is 0 Å². The van der Waals surface area contributed by atoms with E-state index >= 15 is 0 Å². The number of hydrogen-bond acceptors (Lipinski definition) is 3. The van der Waals surface area contributed by atoms with E-state index in [0.29, 0.717) is 0 Å². The van der Waals surface area contributed by atoms with E-state index in [4.69, 9.17) is 5.26 Å². The summed E-state index contributed by atoms with van der Waals surface area (Å²) in [6.45, 7) is 3.88. The molecule has 1 aromatic rings. The molecule has 0 aliphatic carbocycles. The van der Waals surface area contributed by atoms with Crippen molar-refractivity contribution < 1.29 is 0 Å². The molecule has 0 aliphatic heterocycles.